The molecule has 1 saturated heterocycles. The Bertz CT molecular complexity index is 458. The summed E-state index contributed by atoms with van der Waals surface area (Å²) in [5, 5.41) is 0. The normalized spacial score (nSPS) is 44.7. The van der Waals surface area contributed by atoms with Crippen molar-refractivity contribution in [3.8, 4) is 0 Å². The summed E-state index contributed by atoms with van der Waals surface area (Å²) >= 11 is 3.84. The van der Waals surface area contributed by atoms with Crippen LogP contribution in [0.15, 0.2) is 0 Å². The number of Topliss-reactive ketones (excluding diaryl/α,β-unsaturated/α-hetero) is 1. The van der Waals surface area contributed by atoms with E-state index in [1.54, 1.807) is 0 Å². The molecule has 5 rings (SSSR count). The van der Waals surface area contributed by atoms with Crippen LogP contribution in [0.1, 0.15) is 25.7 Å². The molecule has 3 nitrogen and oxygen atoms in total. The van der Waals surface area contributed by atoms with E-state index in [1.807, 2.05) is 23.5 Å². The first kappa shape index (κ1) is 16.7. The Kier molecular flexibility index (Phi) is 4.76. The van der Waals surface area contributed by atoms with Gasteiger partial charge in [0.2, 0.25) is 0 Å². The van der Waals surface area contributed by atoms with Gasteiger partial charge in [0.05, 0.1) is 13.2 Å². The summed E-state index contributed by atoms with van der Waals surface area (Å²) in [4.78, 5) is 11.1. The molecule has 0 unspecified atom stereocenters. The van der Waals surface area contributed by atoms with Gasteiger partial charge < -0.3 is 9.47 Å². The summed E-state index contributed by atoms with van der Waals surface area (Å²) in [5.74, 6) is 7.57. The maximum atomic E-state index is 11.1. The van der Waals surface area contributed by atoms with Gasteiger partial charge in [-0.1, -0.05) is 0 Å². The zero-order chi connectivity index (χ0) is 16.0. The van der Waals surface area contributed by atoms with E-state index in [0.717, 1.165) is 55.6 Å². The highest BCUT2D eigenvalue weighted by atomic mass is 32.2. The van der Waals surface area contributed by atoms with Crippen molar-refractivity contribution in [1.29, 1.82) is 0 Å². The minimum Gasteiger partial charge on any atom is -0.347 e. The molecule has 0 radical (unpaired) electrons. The molecule has 5 aliphatic rings. The number of hydrogen-bond donors (Lipinski definition) is 0. The van der Waals surface area contributed by atoms with Gasteiger partial charge in [0, 0.05) is 24.7 Å². The van der Waals surface area contributed by atoms with E-state index in [-0.39, 0.29) is 5.79 Å². The van der Waals surface area contributed by atoms with Crippen LogP contribution in [-0.2, 0) is 14.3 Å². The molecule has 5 fully saturated rings. The number of ether oxygens (including phenoxy) is 2. The van der Waals surface area contributed by atoms with Crippen LogP contribution < -0.4 is 0 Å². The molecule has 1 aliphatic heterocycles. The molecule has 5 heteroatoms. The first-order valence-corrected chi connectivity index (χ1v) is 11.8. The van der Waals surface area contributed by atoms with Crippen molar-refractivity contribution in [2.75, 3.05) is 37.2 Å². The Labute approximate surface area is 148 Å². The monoisotopic (exact) mass is 356 g/mol. The summed E-state index contributed by atoms with van der Waals surface area (Å²) in [7, 11) is 0. The Balaban J connectivity index is 0.000000122. The number of hydrogen-bond acceptors (Lipinski definition) is 5. The molecule has 0 bridgehead atoms. The molecule has 0 aromatic rings. The number of carbonyl (C=O) groups is 1. The molecule has 6 atom stereocenters. The molecule has 0 aromatic carbocycles. The highest BCUT2D eigenvalue weighted by Gasteiger charge is 2.67. The highest BCUT2D eigenvalue weighted by molar-refractivity contribution is 7.98. The lowest BCUT2D eigenvalue weighted by Gasteiger charge is -2.24. The average Bonchev–Trinajstić information content (AvgIpc) is 3.17. The van der Waals surface area contributed by atoms with Crippen molar-refractivity contribution in [1.82, 2.24) is 0 Å². The topological polar surface area (TPSA) is 35.5 Å². The van der Waals surface area contributed by atoms with Gasteiger partial charge in [0.1, 0.15) is 5.78 Å². The van der Waals surface area contributed by atoms with Crippen LogP contribution in [0.2, 0.25) is 0 Å². The summed E-state index contributed by atoms with van der Waals surface area (Å²) in [6, 6.07) is 0. The van der Waals surface area contributed by atoms with E-state index in [1.165, 1.54) is 24.3 Å². The second kappa shape index (κ2) is 6.54. The molecule has 4 saturated carbocycles. The van der Waals surface area contributed by atoms with Gasteiger partial charge in [-0.05, 0) is 60.5 Å². The van der Waals surface area contributed by atoms with E-state index in [2.05, 4.69) is 12.5 Å². The second-order valence-electron chi connectivity index (χ2n) is 7.67. The third kappa shape index (κ3) is 2.90. The predicted molar refractivity (Wildman–Crippen MR) is 95.8 cm³/mol. The van der Waals surface area contributed by atoms with Crippen LogP contribution in [-0.4, -0.2) is 48.8 Å². The van der Waals surface area contributed by atoms with Crippen LogP contribution in [0.4, 0.5) is 0 Å². The zero-order valence-electron chi connectivity index (χ0n) is 14.2. The average molecular weight is 357 g/mol. The fourth-order valence-corrected chi connectivity index (χ4v) is 7.14. The molecular formula is C18H28O3S2. The Morgan fingerprint density at radius 2 is 1.74 bits per heavy atom. The maximum Gasteiger partial charge on any atom is 0.171 e. The number of carbonyl (C=O) groups excluding carboxylic acids is 1. The summed E-state index contributed by atoms with van der Waals surface area (Å²) < 4.78 is 11.6. The number of ketones is 1. The lowest BCUT2D eigenvalue weighted by Crippen LogP contribution is -2.31. The highest BCUT2D eigenvalue weighted by Crippen LogP contribution is 2.65. The number of rotatable bonds is 4. The van der Waals surface area contributed by atoms with E-state index >= 15 is 0 Å². The van der Waals surface area contributed by atoms with Crippen molar-refractivity contribution in [2.24, 2.45) is 35.5 Å². The minimum absolute atomic E-state index is 0.120. The molecule has 4 aliphatic carbocycles. The maximum absolute atomic E-state index is 11.1. The third-order valence-electron chi connectivity index (χ3n) is 6.59. The Morgan fingerprint density at radius 3 is 2.35 bits per heavy atom. The van der Waals surface area contributed by atoms with Crippen molar-refractivity contribution in [3.63, 3.8) is 0 Å². The zero-order valence-corrected chi connectivity index (χ0v) is 15.8. The van der Waals surface area contributed by atoms with Gasteiger partial charge in [-0.15, -0.1) is 0 Å². The first-order valence-electron chi connectivity index (χ1n) is 9.00. The van der Waals surface area contributed by atoms with E-state index < -0.39 is 0 Å². The van der Waals surface area contributed by atoms with Gasteiger partial charge in [0.15, 0.2) is 5.79 Å². The van der Waals surface area contributed by atoms with Gasteiger partial charge >= 0.3 is 0 Å². The largest absolute Gasteiger partial charge is 0.347 e. The lowest BCUT2D eigenvalue weighted by molar-refractivity contribution is -0.170. The molecule has 0 aromatic heterocycles. The molecule has 1 heterocycles. The summed E-state index contributed by atoms with van der Waals surface area (Å²) in [5.41, 5.74) is 0. The van der Waals surface area contributed by atoms with Crippen LogP contribution in [0.25, 0.3) is 0 Å². The standard InChI is InChI=1S/C10H16O2S.C8H12OS/c1-13-6-8-7-2-3-10(9(7)8)11-4-5-12-10;1-10-4-6-5-2-3-7(9)8(5)6/h7-9H,2-6H2,1H3;5-6,8H,2-4H2,1H3/t7-,8+,9-;5-,6+,8-/m00/s1. The van der Waals surface area contributed by atoms with Crippen molar-refractivity contribution in [2.45, 2.75) is 31.5 Å². The Morgan fingerprint density at radius 1 is 1.04 bits per heavy atom. The van der Waals surface area contributed by atoms with Crippen LogP contribution in [0, 0.1) is 35.5 Å². The molecular weight excluding hydrogens is 328 g/mol. The molecule has 0 amide bonds. The molecule has 130 valence electrons. The fraction of sp³-hybridized carbons (Fsp3) is 0.944. The minimum atomic E-state index is -0.120. The molecule has 1 spiro atoms. The van der Waals surface area contributed by atoms with Crippen LogP contribution in [0.5, 0.6) is 0 Å². The second-order valence-corrected chi connectivity index (χ2v) is 9.49. The SMILES string of the molecule is CSC[C@@H]1[C@@H]2CCC(=O)[C@H]12.CSC[C@@H]1[C@@H]2CCC3(OCCO3)[C@H]12. The smallest absolute Gasteiger partial charge is 0.171 e. The van der Waals surface area contributed by atoms with E-state index in [4.69, 9.17) is 9.47 Å². The summed E-state index contributed by atoms with van der Waals surface area (Å²) in [6.07, 6.45) is 8.85. The van der Waals surface area contributed by atoms with Gasteiger partial charge in [-0.2, -0.15) is 23.5 Å². The summed E-state index contributed by atoms with van der Waals surface area (Å²) in [6.45, 7) is 1.63. The number of thioether (sulfide) groups is 2. The lowest BCUT2D eigenvalue weighted by atomic mass is 10.1. The van der Waals surface area contributed by atoms with Crippen molar-refractivity contribution in [3.05, 3.63) is 0 Å². The van der Waals surface area contributed by atoms with E-state index in [0.29, 0.717) is 11.7 Å². The number of fused-ring (bicyclic) bond motifs is 3. The third-order valence-corrected chi connectivity index (χ3v) is 8.02. The van der Waals surface area contributed by atoms with Crippen LogP contribution >= 0.6 is 23.5 Å². The van der Waals surface area contributed by atoms with Crippen molar-refractivity contribution >= 4 is 29.3 Å². The van der Waals surface area contributed by atoms with Crippen LogP contribution in [0.3, 0.4) is 0 Å². The first-order chi connectivity index (χ1) is 11.2. The van der Waals surface area contributed by atoms with Gasteiger partial charge in [0.25, 0.3) is 0 Å². The molecule has 23 heavy (non-hydrogen) atoms. The fourth-order valence-electron chi connectivity index (χ4n) is 5.46. The Hall–Kier alpha value is 0.290. The van der Waals surface area contributed by atoms with Gasteiger partial charge in [-0.3, -0.25) is 4.79 Å². The van der Waals surface area contributed by atoms with Crippen molar-refractivity contribution < 1.29 is 14.3 Å². The quantitative estimate of drug-likeness (QED) is 0.772. The van der Waals surface area contributed by atoms with Gasteiger partial charge in [-0.25, -0.2) is 0 Å². The predicted octanol–water partition coefficient (Wildman–Crippen LogP) is 3.32. The van der Waals surface area contributed by atoms with E-state index in [9.17, 15) is 4.79 Å². The molecule has 0 N–H and O–H groups in total.